The number of fused-ring (bicyclic) bond motifs is 1. The van der Waals surface area contributed by atoms with Gasteiger partial charge in [0, 0.05) is 30.7 Å². The van der Waals surface area contributed by atoms with Crippen LogP contribution in [0.25, 0.3) is 10.8 Å². The van der Waals surface area contributed by atoms with Gasteiger partial charge in [0.05, 0.1) is 4.90 Å². The number of likely N-dealkylation sites (tertiary alicyclic amines) is 2. The maximum atomic E-state index is 12.9. The quantitative estimate of drug-likeness (QED) is 0.748. The minimum absolute atomic E-state index is 0.0621. The van der Waals surface area contributed by atoms with E-state index in [1.165, 1.54) is 6.07 Å². The van der Waals surface area contributed by atoms with Crippen LogP contribution in [0.1, 0.15) is 19.3 Å². The molecule has 0 aliphatic carbocycles. The molecule has 0 aromatic heterocycles. The van der Waals surface area contributed by atoms with E-state index in [1.54, 1.807) is 40.1 Å². The van der Waals surface area contributed by atoms with Gasteiger partial charge in [-0.25, -0.2) is 8.42 Å². The zero-order chi connectivity index (χ0) is 20.6. The molecule has 2 aliphatic heterocycles. The normalized spacial score (nSPS) is 21.0. The predicted molar refractivity (Wildman–Crippen MR) is 110 cm³/mol. The van der Waals surface area contributed by atoms with Crippen LogP contribution < -0.4 is 4.72 Å². The predicted octanol–water partition coefficient (Wildman–Crippen LogP) is 2.32. The summed E-state index contributed by atoms with van der Waals surface area (Å²) in [5.41, 5.74) is 0. The van der Waals surface area contributed by atoms with Crippen molar-refractivity contribution < 1.29 is 13.2 Å². The number of sulfonamides is 1. The molecule has 2 aromatic rings. The Bertz CT molecular complexity index is 1090. The molecule has 7 nitrogen and oxygen atoms in total. The van der Waals surface area contributed by atoms with Crippen LogP contribution in [0.3, 0.4) is 0 Å². The summed E-state index contributed by atoms with van der Waals surface area (Å²) in [7, 11) is -3.83. The highest BCUT2D eigenvalue weighted by molar-refractivity contribution is 7.89. The first kappa shape index (κ1) is 20.0. The summed E-state index contributed by atoms with van der Waals surface area (Å²) < 4.78 is 28.3. The van der Waals surface area contributed by atoms with Crippen LogP contribution in [0.5, 0.6) is 0 Å². The lowest BCUT2D eigenvalue weighted by Crippen LogP contribution is -2.47. The first-order valence-corrected chi connectivity index (χ1v) is 11.4. The molecule has 2 heterocycles. The second kappa shape index (κ2) is 7.82. The first-order valence-electron chi connectivity index (χ1n) is 9.54. The molecule has 0 unspecified atom stereocenters. The molecule has 0 bridgehead atoms. The van der Waals surface area contributed by atoms with Crippen LogP contribution in [-0.4, -0.2) is 55.8 Å². The Kier molecular flexibility index (Phi) is 5.38. The zero-order valence-corrected chi connectivity index (χ0v) is 17.3. The second-order valence-electron chi connectivity index (χ2n) is 7.47. The van der Waals surface area contributed by atoms with Gasteiger partial charge in [0.2, 0.25) is 15.9 Å². The van der Waals surface area contributed by atoms with Gasteiger partial charge in [-0.2, -0.15) is 9.98 Å². The number of carbonyl (C=O) groups is 1. The molecule has 2 aliphatic rings. The number of nitrogens with one attached hydrogen (secondary N) is 1. The van der Waals surface area contributed by atoms with Crippen molar-refractivity contribution in [3.8, 4) is 6.19 Å². The number of hydrogen-bond donors (Lipinski definition) is 1. The topological polar surface area (TPSA) is 93.5 Å². The van der Waals surface area contributed by atoms with Gasteiger partial charge in [0.15, 0.2) is 6.19 Å². The van der Waals surface area contributed by atoms with Gasteiger partial charge in [-0.1, -0.05) is 23.7 Å². The molecule has 1 atom stereocenters. The molecule has 0 saturated carbocycles. The average molecular weight is 433 g/mol. The standard InChI is InChI=1S/C20H21ClN4O3S/c21-16-3-1-15-12-18(4-2-14(15)11-16)29(27,28)23-19-7-10-25(20(19)26)17-5-8-24(13-22)9-6-17/h1-4,11-12,17,19,23H,5-10H2/t19-/m0/s1. The molecule has 29 heavy (non-hydrogen) atoms. The summed E-state index contributed by atoms with van der Waals surface area (Å²) in [4.78, 5) is 16.4. The molecular weight excluding hydrogens is 412 g/mol. The fourth-order valence-electron chi connectivity index (χ4n) is 4.07. The van der Waals surface area contributed by atoms with Crippen molar-refractivity contribution >= 4 is 38.3 Å². The SMILES string of the molecule is N#CN1CCC(N2CC[C@H](NS(=O)(=O)c3ccc4cc(Cl)ccc4c3)C2=O)CC1. The number of halogens is 1. The van der Waals surface area contributed by atoms with Crippen molar-refractivity contribution in [1.82, 2.24) is 14.5 Å². The van der Waals surface area contributed by atoms with Crippen LogP contribution in [-0.2, 0) is 14.8 Å². The van der Waals surface area contributed by atoms with Crippen molar-refractivity contribution in [1.29, 1.82) is 5.26 Å². The summed E-state index contributed by atoms with van der Waals surface area (Å²) in [6, 6.07) is 9.38. The van der Waals surface area contributed by atoms with Crippen molar-refractivity contribution in [3.63, 3.8) is 0 Å². The maximum Gasteiger partial charge on any atom is 0.241 e. The second-order valence-corrected chi connectivity index (χ2v) is 9.62. The first-order chi connectivity index (χ1) is 13.9. The van der Waals surface area contributed by atoms with Crippen molar-refractivity contribution in [3.05, 3.63) is 41.4 Å². The van der Waals surface area contributed by atoms with Gasteiger partial charge in [-0.15, -0.1) is 0 Å². The maximum absolute atomic E-state index is 12.9. The molecule has 1 amide bonds. The summed E-state index contributed by atoms with van der Waals surface area (Å²) in [5, 5.41) is 11.2. The molecule has 0 radical (unpaired) electrons. The molecule has 2 saturated heterocycles. The minimum atomic E-state index is -3.83. The molecule has 0 spiro atoms. The van der Waals surface area contributed by atoms with Crippen molar-refractivity contribution in [2.45, 2.75) is 36.2 Å². The van der Waals surface area contributed by atoms with Crippen LogP contribution >= 0.6 is 11.6 Å². The average Bonchev–Trinajstić information content (AvgIpc) is 3.07. The third-order valence-corrected chi connectivity index (χ3v) is 7.37. The third kappa shape index (κ3) is 4.04. The van der Waals surface area contributed by atoms with E-state index >= 15 is 0 Å². The lowest BCUT2D eigenvalue weighted by Gasteiger charge is -2.34. The summed E-state index contributed by atoms with van der Waals surface area (Å²) >= 11 is 5.98. The Morgan fingerprint density at radius 3 is 2.45 bits per heavy atom. The van der Waals surface area contributed by atoms with E-state index in [9.17, 15) is 13.2 Å². The molecular formula is C20H21ClN4O3S. The smallest absolute Gasteiger partial charge is 0.241 e. The van der Waals surface area contributed by atoms with Gasteiger partial charge >= 0.3 is 0 Å². The number of rotatable bonds is 4. The highest BCUT2D eigenvalue weighted by Gasteiger charge is 2.39. The number of nitriles is 1. The lowest BCUT2D eigenvalue weighted by atomic mass is 10.0. The van der Waals surface area contributed by atoms with Crippen molar-refractivity contribution in [2.75, 3.05) is 19.6 Å². The third-order valence-electron chi connectivity index (χ3n) is 5.67. The molecule has 2 aromatic carbocycles. The summed E-state index contributed by atoms with van der Waals surface area (Å²) in [6.45, 7) is 1.78. The Morgan fingerprint density at radius 2 is 1.72 bits per heavy atom. The van der Waals surface area contributed by atoms with E-state index in [4.69, 9.17) is 16.9 Å². The molecule has 9 heteroatoms. The Labute approximate surface area is 174 Å². The minimum Gasteiger partial charge on any atom is -0.338 e. The summed E-state index contributed by atoms with van der Waals surface area (Å²) in [5.74, 6) is -0.184. The number of amides is 1. The van der Waals surface area contributed by atoms with E-state index in [0.29, 0.717) is 31.1 Å². The lowest BCUT2D eigenvalue weighted by molar-refractivity contribution is -0.131. The Morgan fingerprint density at radius 1 is 1.03 bits per heavy atom. The van der Waals surface area contributed by atoms with E-state index in [-0.39, 0.29) is 16.8 Å². The highest BCUT2D eigenvalue weighted by atomic mass is 35.5. The van der Waals surface area contributed by atoms with Crippen LogP contribution in [0.4, 0.5) is 0 Å². The van der Waals surface area contributed by atoms with Crippen LogP contribution in [0.2, 0.25) is 5.02 Å². The van der Waals surface area contributed by atoms with E-state index in [1.807, 2.05) is 0 Å². The molecule has 4 rings (SSSR count). The fraction of sp³-hybridized carbons (Fsp3) is 0.400. The molecule has 152 valence electrons. The van der Waals surface area contributed by atoms with Crippen molar-refractivity contribution in [2.24, 2.45) is 0 Å². The van der Waals surface area contributed by atoms with E-state index in [2.05, 4.69) is 10.9 Å². The number of benzene rings is 2. The largest absolute Gasteiger partial charge is 0.338 e. The summed E-state index contributed by atoms with van der Waals surface area (Å²) in [6.07, 6.45) is 4.03. The molecule has 1 N–H and O–H groups in total. The van der Waals surface area contributed by atoms with Gasteiger partial charge in [0.1, 0.15) is 6.04 Å². The monoisotopic (exact) mass is 432 g/mol. The highest BCUT2D eigenvalue weighted by Crippen LogP contribution is 2.25. The van der Waals surface area contributed by atoms with Gasteiger partial charge in [-0.05, 0) is 54.3 Å². The number of piperidine rings is 1. The zero-order valence-electron chi connectivity index (χ0n) is 15.7. The number of nitrogens with zero attached hydrogens (tertiary/aromatic N) is 3. The van der Waals surface area contributed by atoms with E-state index in [0.717, 1.165) is 23.6 Å². The number of carbonyl (C=O) groups excluding carboxylic acids is 1. The fourth-order valence-corrected chi connectivity index (χ4v) is 5.51. The van der Waals surface area contributed by atoms with Gasteiger partial charge in [-0.3, -0.25) is 4.79 Å². The Hall–Kier alpha value is -2.34. The Balaban J connectivity index is 1.47. The molecule has 2 fully saturated rings. The van der Waals surface area contributed by atoms with Crippen LogP contribution in [0.15, 0.2) is 41.3 Å². The van der Waals surface area contributed by atoms with Crippen LogP contribution in [0, 0.1) is 11.5 Å². The van der Waals surface area contributed by atoms with Gasteiger partial charge < -0.3 is 9.80 Å². The van der Waals surface area contributed by atoms with Gasteiger partial charge in [0.25, 0.3) is 0 Å². The number of hydrogen-bond acceptors (Lipinski definition) is 5. The van der Waals surface area contributed by atoms with E-state index < -0.39 is 16.1 Å².